The normalized spacial score (nSPS) is 17.6. The largest absolute Gasteiger partial charge is 0.490 e. The highest BCUT2D eigenvalue weighted by atomic mass is 16.5. The van der Waals surface area contributed by atoms with Crippen molar-refractivity contribution in [2.45, 2.75) is 13.3 Å². The van der Waals surface area contributed by atoms with E-state index in [0.29, 0.717) is 55.7 Å². The Labute approximate surface area is 159 Å². The Kier molecular flexibility index (Phi) is 6.34. The van der Waals surface area contributed by atoms with Gasteiger partial charge in [-0.15, -0.1) is 0 Å². The zero-order valence-electron chi connectivity index (χ0n) is 15.9. The molecule has 2 aliphatic heterocycles. The van der Waals surface area contributed by atoms with Gasteiger partial charge in [0.2, 0.25) is 11.7 Å². The highest BCUT2D eigenvalue weighted by Crippen LogP contribution is 2.42. The molecule has 2 aliphatic rings. The van der Waals surface area contributed by atoms with E-state index in [4.69, 9.17) is 14.2 Å². The van der Waals surface area contributed by atoms with Crippen molar-refractivity contribution in [3.63, 3.8) is 0 Å². The van der Waals surface area contributed by atoms with Crippen molar-refractivity contribution in [1.29, 1.82) is 0 Å². The Morgan fingerprint density at radius 2 is 1.78 bits per heavy atom. The van der Waals surface area contributed by atoms with Crippen molar-refractivity contribution in [2.24, 2.45) is 0 Å². The second kappa shape index (κ2) is 8.90. The molecule has 0 aliphatic carbocycles. The Morgan fingerprint density at radius 1 is 1.07 bits per heavy atom. The summed E-state index contributed by atoms with van der Waals surface area (Å²) in [5.74, 6) is 0.968. The molecule has 0 atom stereocenters. The number of piperazine rings is 1. The molecule has 0 saturated carbocycles. The molecule has 7 heteroatoms. The molecule has 0 radical (unpaired) electrons. The van der Waals surface area contributed by atoms with Crippen molar-refractivity contribution in [3.8, 4) is 17.2 Å². The maximum Gasteiger partial charge on any atom is 0.246 e. The van der Waals surface area contributed by atoms with Gasteiger partial charge in [0, 0.05) is 38.7 Å². The van der Waals surface area contributed by atoms with Crippen LogP contribution in [-0.4, -0.2) is 74.5 Å². The minimum Gasteiger partial charge on any atom is -0.490 e. The van der Waals surface area contributed by atoms with E-state index in [2.05, 4.69) is 4.90 Å². The molecule has 0 unspecified atom stereocenters. The first-order chi connectivity index (χ1) is 13.1. The van der Waals surface area contributed by atoms with E-state index in [9.17, 15) is 9.59 Å². The van der Waals surface area contributed by atoms with Crippen molar-refractivity contribution in [2.75, 3.05) is 53.0 Å². The van der Waals surface area contributed by atoms with Crippen LogP contribution < -0.4 is 14.2 Å². The molecule has 0 bridgehead atoms. The van der Waals surface area contributed by atoms with Gasteiger partial charge in [0.25, 0.3) is 0 Å². The number of carbonyl (C=O) groups excluding carboxylic acids is 2. The molecule has 3 rings (SSSR count). The van der Waals surface area contributed by atoms with E-state index in [1.165, 1.54) is 12.2 Å². The second-order valence-electron chi connectivity index (χ2n) is 6.58. The van der Waals surface area contributed by atoms with E-state index in [1.807, 2.05) is 14.0 Å². The highest BCUT2D eigenvalue weighted by Gasteiger charge is 2.23. The number of ether oxygens (including phenoxy) is 3. The number of hydrogen-bond donors (Lipinski definition) is 0. The van der Waals surface area contributed by atoms with Crippen LogP contribution in [0.1, 0.15) is 23.7 Å². The van der Waals surface area contributed by atoms with E-state index >= 15 is 0 Å². The predicted octanol–water partition coefficient (Wildman–Crippen LogP) is 1.76. The van der Waals surface area contributed by atoms with Gasteiger partial charge in [-0.05, 0) is 32.2 Å². The van der Waals surface area contributed by atoms with E-state index < -0.39 is 0 Å². The molecular formula is C20H26N2O5. The molecule has 7 nitrogen and oxygen atoms in total. The fraction of sp³-hybridized carbons (Fsp3) is 0.500. The lowest BCUT2D eigenvalue weighted by Crippen LogP contribution is -2.46. The number of fused-ring (bicyclic) bond motifs is 1. The molecule has 1 aromatic carbocycles. The third-order valence-corrected chi connectivity index (χ3v) is 4.62. The van der Waals surface area contributed by atoms with Crippen LogP contribution in [0.2, 0.25) is 0 Å². The Morgan fingerprint density at radius 3 is 2.48 bits per heavy atom. The van der Waals surface area contributed by atoms with Crippen molar-refractivity contribution < 1.29 is 23.8 Å². The van der Waals surface area contributed by atoms with Gasteiger partial charge in [-0.25, -0.2) is 0 Å². The number of carbonyl (C=O) groups is 2. The number of hydrogen-bond acceptors (Lipinski definition) is 6. The first-order valence-corrected chi connectivity index (χ1v) is 9.35. The van der Waals surface area contributed by atoms with Gasteiger partial charge < -0.3 is 24.0 Å². The number of nitrogens with zero attached hydrogens (tertiary/aromatic N) is 2. The zero-order chi connectivity index (χ0) is 19.2. The van der Waals surface area contributed by atoms with E-state index in [-0.39, 0.29) is 11.7 Å². The van der Waals surface area contributed by atoms with Gasteiger partial charge in [-0.3, -0.25) is 9.59 Å². The first kappa shape index (κ1) is 19.2. The van der Waals surface area contributed by atoms with Crippen LogP contribution in [-0.2, 0) is 4.79 Å². The second-order valence-corrected chi connectivity index (χ2v) is 6.58. The maximum atomic E-state index is 12.7. The summed E-state index contributed by atoms with van der Waals surface area (Å²) in [6.45, 7) is 6.36. The third-order valence-electron chi connectivity index (χ3n) is 4.62. The maximum absolute atomic E-state index is 12.7. The van der Waals surface area contributed by atoms with E-state index in [1.54, 1.807) is 17.0 Å². The molecule has 0 aromatic heterocycles. The van der Waals surface area contributed by atoms with Crippen LogP contribution in [0, 0.1) is 0 Å². The Hall–Kier alpha value is -2.54. The first-order valence-electron chi connectivity index (χ1n) is 9.35. The van der Waals surface area contributed by atoms with Crippen molar-refractivity contribution in [1.82, 2.24) is 9.80 Å². The monoisotopic (exact) mass is 374 g/mol. The molecule has 1 amide bonds. The van der Waals surface area contributed by atoms with Crippen LogP contribution in [0.5, 0.6) is 17.2 Å². The van der Waals surface area contributed by atoms with Crippen molar-refractivity contribution >= 4 is 11.7 Å². The molecule has 146 valence electrons. The highest BCUT2D eigenvalue weighted by molar-refractivity contribution is 6.09. The topological polar surface area (TPSA) is 68.3 Å². The average Bonchev–Trinajstić information content (AvgIpc) is 2.93. The van der Waals surface area contributed by atoms with Gasteiger partial charge in [-0.1, -0.05) is 0 Å². The lowest BCUT2D eigenvalue weighted by molar-refractivity contribution is -0.127. The Balaban J connectivity index is 1.77. The summed E-state index contributed by atoms with van der Waals surface area (Å²) in [6, 6.07) is 3.37. The minimum atomic E-state index is -0.290. The molecule has 1 saturated heterocycles. The molecule has 0 N–H and O–H groups in total. The predicted molar refractivity (Wildman–Crippen MR) is 101 cm³/mol. The summed E-state index contributed by atoms with van der Waals surface area (Å²) in [6.07, 6.45) is 3.38. The van der Waals surface area contributed by atoms with Gasteiger partial charge in [0.05, 0.1) is 25.4 Å². The molecule has 2 heterocycles. The lowest BCUT2D eigenvalue weighted by atomic mass is 10.1. The molecule has 1 fully saturated rings. The number of likely N-dealkylation sites (N-methyl/N-ethyl adjacent to an activating group) is 1. The third kappa shape index (κ3) is 4.60. The number of allylic oxidation sites excluding steroid dienone is 1. The quantitative estimate of drug-likeness (QED) is 0.578. The van der Waals surface area contributed by atoms with Gasteiger partial charge in [0.1, 0.15) is 0 Å². The van der Waals surface area contributed by atoms with Crippen LogP contribution in [0.15, 0.2) is 24.3 Å². The van der Waals surface area contributed by atoms with Gasteiger partial charge >= 0.3 is 0 Å². The van der Waals surface area contributed by atoms with Crippen LogP contribution >= 0.6 is 0 Å². The minimum absolute atomic E-state index is 0.148. The summed E-state index contributed by atoms with van der Waals surface area (Å²) >= 11 is 0. The summed E-state index contributed by atoms with van der Waals surface area (Å²) in [7, 11) is 2.03. The summed E-state index contributed by atoms with van der Waals surface area (Å²) in [5, 5.41) is 0. The Bertz CT molecular complexity index is 723. The smallest absolute Gasteiger partial charge is 0.246 e. The standard InChI is InChI=1S/C20H26N2O5/c1-3-25-17-7-5-15(19-20(17)27-14-4-13-26-19)16(23)6-8-18(24)22-11-9-21(2)10-12-22/h5-8H,3-4,9-14H2,1-2H3. The van der Waals surface area contributed by atoms with Crippen LogP contribution in [0.4, 0.5) is 0 Å². The number of amides is 1. The molecular weight excluding hydrogens is 348 g/mol. The van der Waals surface area contributed by atoms with Crippen LogP contribution in [0.3, 0.4) is 0 Å². The molecule has 1 aromatic rings. The van der Waals surface area contributed by atoms with Gasteiger partial charge in [-0.2, -0.15) is 0 Å². The number of rotatable bonds is 5. The number of benzene rings is 1. The van der Waals surface area contributed by atoms with Crippen LogP contribution in [0.25, 0.3) is 0 Å². The van der Waals surface area contributed by atoms with Crippen molar-refractivity contribution in [3.05, 3.63) is 29.8 Å². The summed E-state index contributed by atoms with van der Waals surface area (Å²) < 4.78 is 17.1. The average molecular weight is 374 g/mol. The fourth-order valence-electron chi connectivity index (χ4n) is 3.06. The fourth-order valence-corrected chi connectivity index (χ4v) is 3.06. The van der Waals surface area contributed by atoms with E-state index in [0.717, 1.165) is 19.5 Å². The molecule has 27 heavy (non-hydrogen) atoms. The lowest BCUT2D eigenvalue weighted by Gasteiger charge is -2.31. The molecule has 0 spiro atoms. The number of ketones is 1. The zero-order valence-corrected chi connectivity index (χ0v) is 15.9. The SMILES string of the molecule is CCOc1ccc(C(=O)C=CC(=O)N2CCN(C)CC2)c2c1OCCCO2. The summed E-state index contributed by atoms with van der Waals surface area (Å²) in [5.41, 5.74) is 0.373. The summed E-state index contributed by atoms with van der Waals surface area (Å²) in [4.78, 5) is 28.9. The van der Waals surface area contributed by atoms with Gasteiger partial charge in [0.15, 0.2) is 17.3 Å².